The van der Waals surface area contributed by atoms with Crippen molar-refractivity contribution in [3.8, 4) is 0 Å². The Morgan fingerprint density at radius 3 is 3.00 bits per heavy atom. The fourth-order valence-electron chi connectivity index (χ4n) is 2.63. The first-order valence-electron chi connectivity index (χ1n) is 5.76. The fraction of sp³-hybridized carbons (Fsp3) is 0.667. The third-order valence-electron chi connectivity index (χ3n) is 3.54. The van der Waals surface area contributed by atoms with Gasteiger partial charge in [-0.05, 0) is 18.8 Å². The van der Waals surface area contributed by atoms with Gasteiger partial charge < -0.3 is 5.11 Å². The van der Waals surface area contributed by atoms with Crippen LogP contribution in [0.1, 0.15) is 44.7 Å². The summed E-state index contributed by atoms with van der Waals surface area (Å²) in [5, 5.41) is 10.7. The van der Waals surface area contributed by atoms with Crippen LogP contribution in [0.25, 0.3) is 0 Å². The first-order chi connectivity index (χ1) is 7.27. The second kappa shape index (κ2) is 4.27. The smallest absolute Gasteiger partial charge is 0.111 e. The average molecular weight is 206 g/mol. The summed E-state index contributed by atoms with van der Waals surface area (Å²) in [7, 11) is 0. The van der Waals surface area contributed by atoms with Crippen LogP contribution in [0.15, 0.2) is 18.6 Å². The first kappa shape index (κ1) is 10.6. The number of rotatable bonds is 2. The lowest BCUT2D eigenvalue weighted by Crippen LogP contribution is -2.38. The molecule has 1 heterocycles. The molecule has 0 spiro atoms. The molecule has 2 unspecified atom stereocenters. The van der Waals surface area contributed by atoms with Crippen molar-refractivity contribution in [2.75, 3.05) is 0 Å². The molecule has 1 N–H and O–H groups in total. The number of nitrogens with zero attached hydrogens (tertiary/aromatic N) is 2. The van der Waals surface area contributed by atoms with Crippen LogP contribution in [0.3, 0.4) is 0 Å². The van der Waals surface area contributed by atoms with Gasteiger partial charge in [-0.3, -0.25) is 9.97 Å². The van der Waals surface area contributed by atoms with E-state index < -0.39 is 5.60 Å². The van der Waals surface area contributed by atoms with Gasteiger partial charge >= 0.3 is 0 Å². The van der Waals surface area contributed by atoms with E-state index in [0.29, 0.717) is 5.92 Å². The second-order valence-electron chi connectivity index (χ2n) is 4.37. The van der Waals surface area contributed by atoms with E-state index in [1.807, 2.05) is 0 Å². The highest BCUT2D eigenvalue weighted by Gasteiger charge is 2.40. The summed E-state index contributed by atoms with van der Waals surface area (Å²) in [4.78, 5) is 8.31. The van der Waals surface area contributed by atoms with Crippen molar-refractivity contribution in [3.63, 3.8) is 0 Å². The Bertz CT molecular complexity index is 315. The number of hydrogen-bond acceptors (Lipinski definition) is 3. The Labute approximate surface area is 90.6 Å². The van der Waals surface area contributed by atoms with Crippen molar-refractivity contribution in [2.24, 2.45) is 5.92 Å². The minimum atomic E-state index is -0.735. The van der Waals surface area contributed by atoms with Crippen LogP contribution < -0.4 is 0 Å². The molecule has 1 saturated carbocycles. The van der Waals surface area contributed by atoms with Crippen LogP contribution in [0, 0.1) is 5.92 Å². The summed E-state index contributed by atoms with van der Waals surface area (Å²) in [6, 6.07) is 0. The summed E-state index contributed by atoms with van der Waals surface area (Å²) in [6.45, 7) is 2.14. The SMILES string of the molecule is CCC1CCCCC1(O)c1cnccn1. The summed E-state index contributed by atoms with van der Waals surface area (Å²) < 4.78 is 0. The van der Waals surface area contributed by atoms with Gasteiger partial charge in [0.25, 0.3) is 0 Å². The first-order valence-corrected chi connectivity index (χ1v) is 5.76. The highest BCUT2D eigenvalue weighted by molar-refractivity contribution is 5.11. The van der Waals surface area contributed by atoms with Crippen molar-refractivity contribution < 1.29 is 5.11 Å². The van der Waals surface area contributed by atoms with E-state index in [4.69, 9.17) is 0 Å². The third kappa shape index (κ3) is 1.88. The molecule has 0 radical (unpaired) electrons. The molecule has 1 aliphatic carbocycles. The molecule has 3 heteroatoms. The van der Waals surface area contributed by atoms with E-state index in [2.05, 4.69) is 16.9 Å². The lowest BCUT2D eigenvalue weighted by molar-refractivity contribution is -0.0595. The van der Waals surface area contributed by atoms with Gasteiger partial charge in [-0.1, -0.05) is 26.2 Å². The number of aromatic nitrogens is 2. The van der Waals surface area contributed by atoms with Crippen molar-refractivity contribution in [2.45, 2.75) is 44.6 Å². The maximum absolute atomic E-state index is 10.7. The van der Waals surface area contributed by atoms with Crippen molar-refractivity contribution in [1.29, 1.82) is 0 Å². The molecule has 82 valence electrons. The van der Waals surface area contributed by atoms with E-state index in [-0.39, 0.29) is 0 Å². The molecule has 3 nitrogen and oxygen atoms in total. The molecular weight excluding hydrogens is 188 g/mol. The largest absolute Gasteiger partial charge is 0.383 e. The van der Waals surface area contributed by atoms with Gasteiger partial charge in [0.15, 0.2) is 0 Å². The van der Waals surface area contributed by atoms with Crippen LogP contribution in [0.2, 0.25) is 0 Å². The van der Waals surface area contributed by atoms with E-state index in [0.717, 1.165) is 31.4 Å². The minimum absolute atomic E-state index is 0.336. The predicted octanol–water partition coefficient (Wildman–Crippen LogP) is 2.26. The molecule has 0 aromatic carbocycles. The summed E-state index contributed by atoms with van der Waals surface area (Å²) >= 11 is 0. The molecule has 1 fully saturated rings. The maximum Gasteiger partial charge on any atom is 0.111 e. The standard InChI is InChI=1S/C12H18N2O/c1-2-10-5-3-4-6-12(10,15)11-9-13-7-8-14-11/h7-10,15H,2-6H2,1H3. The Morgan fingerprint density at radius 2 is 2.33 bits per heavy atom. The second-order valence-corrected chi connectivity index (χ2v) is 4.37. The monoisotopic (exact) mass is 206 g/mol. The van der Waals surface area contributed by atoms with Gasteiger partial charge in [0.2, 0.25) is 0 Å². The van der Waals surface area contributed by atoms with Gasteiger partial charge in [-0.25, -0.2) is 0 Å². The van der Waals surface area contributed by atoms with Crippen LogP contribution in [0.4, 0.5) is 0 Å². The molecule has 1 aromatic heterocycles. The van der Waals surface area contributed by atoms with Crippen molar-refractivity contribution >= 4 is 0 Å². The van der Waals surface area contributed by atoms with Crippen LogP contribution >= 0.6 is 0 Å². The van der Waals surface area contributed by atoms with Gasteiger partial charge in [-0.2, -0.15) is 0 Å². The van der Waals surface area contributed by atoms with E-state index in [9.17, 15) is 5.11 Å². The Hall–Kier alpha value is -0.960. The minimum Gasteiger partial charge on any atom is -0.383 e. The number of aliphatic hydroxyl groups is 1. The quantitative estimate of drug-likeness (QED) is 0.807. The zero-order valence-electron chi connectivity index (χ0n) is 9.19. The molecule has 0 aliphatic heterocycles. The summed E-state index contributed by atoms with van der Waals surface area (Å²) in [5.41, 5.74) is 0.0119. The van der Waals surface area contributed by atoms with E-state index in [1.165, 1.54) is 6.42 Å². The Balaban J connectivity index is 2.30. The lowest BCUT2D eigenvalue weighted by Gasteiger charge is -2.38. The molecule has 15 heavy (non-hydrogen) atoms. The molecule has 0 bridgehead atoms. The third-order valence-corrected chi connectivity index (χ3v) is 3.54. The van der Waals surface area contributed by atoms with E-state index in [1.54, 1.807) is 18.6 Å². The number of hydrogen-bond donors (Lipinski definition) is 1. The Kier molecular flexibility index (Phi) is 3.00. The van der Waals surface area contributed by atoms with Crippen LogP contribution in [-0.4, -0.2) is 15.1 Å². The zero-order valence-corrected chi connectivity index (χ0v) is 9.19. The molecule has 0 saturated heterocycles. The molecule has 1 aliphatic rings. The predicted molar refractivity (Wildman–Crippen MR) is 58.2 cm³/mol. The molecule has 0 amide bonds. The molecular formula is C12H18N2O. The van der Waals surface area contributed by atoms with E-state index >= 15 is 0 Å². The van der Waals surface area contributed by atoms with Crippen molar-refractivity contribution in [1.82, 2.24) is 9.97 Å². The molecule has 2 atom stereocenters. The van der Waals surface area contributed by atoms with Gasteiger partial charge in [0.1, 0.15) is 5.60 Å². The average Bonchev–Trinajstić information content (AvgIpc) is 2.31. The highest BCUT2D eigenvalue weighted by atomic mass is 16.3. The zero-order chi connectivity index (χ0) is 10.7. The normalized spacial score (nSPS) is 31.5. The lowest BCUT2D eigenvalue weighted by atomic mass is 9.72. The molecule has 1 aromatic rings. The summed E-state index contributed by atoms with van der Waals surface area (Å²) in [6.07, 6.45) is 10.3. The molecule has 2 rings (SSSR count). The van der Waals surface area contributed by atoms with Crippen LogP contribution in [0.5, 0.6) is 0 Å². The fourth-order valence-corrected chi connectivity index (χ4v) is 2.63. The van der Waals surface area contributed by atoms with Gasteiger partial charge in [0.05, 0.1) is 11.9 Å². The van der Waals surface area contributed by atoms with Gasteiger partial charge in [0, 0.05) is 12.4 Å². The maximum atomic E-state index is 10.7. The van der Waals surface area contributed by atoms with Crippen molar-refractivity contribution in [3.05, 3.63) is 24.3 Å². The van der Waals surface area contributed by atoms with Gasteiger partial charge in [-0.15, -0.1) is 0 Å². The van der Waals surface area contributed by atoms with Crippen LogP contribution in [-0.2, 0) is 5.60 Å². The topological polar surface area (TPSA) is 46.0 Å². The summed E-state index contributed by atoms with van der Waals surface area (Å²) in [5.74, 6) is 0.336. The Morgan fingerprint density at radius 1 is 1.47 bits per heavy atom. The highest BCUT2D eigenvalue weighted by Crippen LogP contribution is 2.42.